The molecule has 3 aromatic rings. The number of aromatic nitrogens is 1. The number of pyridine rings is 1. The van der Waals surface area contributed by atoms with Gasteiger partial charge >= 0.3 is 0 Å². The summed E-state index contributed by atoms with van der Waals surface area (Å²) >= 11 is 0. The molecule has 0 radical (unpaired) electrons. The number of carbonyl (C=O) groups is 2. The summed E-state index contributed by atoms with van der Waals surface area (Å²) in [6, 6.07) is 17.6. The van der Waals surface area contributed by atoms with Crippen LogP contribution in [0.5, 0.6) is 5.75 Å². The lowest BCUT2D eigenvalue weighted by atomic mass is 10.0. The lowest BCUT2D eigenvalue weighted by Crippen LogP contribution is -2.29. The Bertz CT molecular complexity index is 1410. The van der Waals surface area contributed by atoms with Gasteiger partial charge in [0.15, 0.2) is 12.4 Å². The van der Waals surface area contributed by atoms with E-state index in [9.17, 15) is 19.6 Å². The number of ketones is 1. The maximum Gasteiger partial charge on any atom is 0.268 e. The van der Waals surface area contributed by atoms with E-state index < -0.39 is 0 Å². The van der Waals surface area contributed by atoms with Crippen molar-refractivity contribution in [3.8, 4) is 11.8 Å². The Morgan fingerprint density at radius 2 is 1.76 bits per heavy atom. The van der Waals surface area contributed by atoms with Crippen LogP contribution in [0.25, 0.3) is 0 Å². The number of nitrogens with zero attached hydrogens (tertiary/aromatic N) is 3. The predicted octanol–water partition coefficient (Wildman–Crippen LogP) is 4.29. The van der Waals surface area contributed by atoms with E-state index >= 15 is 0 Å². The van der Waals surface area contributed by atoms with Crippen molar-refractivity contribution in [1.29, 1.82) is 5.26 Å². The van der Waals surface area contributed by atoms with Gasteiger partial charge in [-0.05, 0) is 74.6 Å². The molecule has 1 amide bonds. The van der Waals surface area contributed by atoms with Crippen LogP contribution >= 0.6 is 0 Å². The number of benzene rings is 2. The number of hydrogen-bond donors (Lipinski definition) is 1. The first-order valence-electron chi connectivity index (χ1n) is 12.6. The van der Waals surface area contributed by atoms with Gasteiger partial charge in [0.1, 0.15) is 17.4 Å². The average molecular weight is 497 g/mol. The summed E-state index contributed by atoms with van der Waals surface area (Å²) in [5.74, 6) is -0.469. The Labute approximate surface area is 215 Å². The van der Waals surface area contributed by atoms with Gasteiger partial charge < -0.3 is 19.5 Å². The number of anilines is 2. The molecule has 0 spiro atoms. The van der Waals surface area contributed by atoms with E-state index in [1.54, 1.807) is 24.3 Å². The number of nitriles is 1. The molecule has 1 saturated carbocycles. The van der Waals surface area contributed by atoms with Crippen LogP contribution in [0.2, 0.25) is 0 Å². The van der Waals surface area contributed by atoms with Gasteiger partial charge in [0.2, 0.25) is 0 Å². The van der Waals surface area contributed by atoms with Gasteiger partial charge in [-0.1, -0.05) is 12.1 Å². The molecule has 2 heterocycles. The van der Waals surface area contributed by atoms with Crippen LogP contribution in [0, 0.1) is 11.3 Å². The average Bonchev–Trinajstić information content (AvgIpc) is 3.78. The summed E-state index contributed by atoms with van der Waals surface area (Å²) in [7, 11) is 0. The summed E-state index contributed by atoms with van der Waals surface area (Å²) in [4.78, 5) is 40.7. The number of rotatable bonds is 8. The second-order valence-corrected chi connectivity index (χ2v) is 9.45. The van der Waals surface area contributed by atoms with E-state index in [1.807, 2.05) is 30.3 Å². The molecule has 0 bridgehead atoms. The van der Waals surface area contributed by atoms with Gasteiger partial charge in [-0.3, -0.25) is 14.4 Å². The van der Waals surface area contributed by atoms with E-state index in [1.165, 1.54) is 36.1 Å². The van der Waals surface area contributed by atoms with Gasteiger partial charge in [0.25, 0.3) is 11.5 Å². The quantitative estimate of drug-likeness (QED) is 0.467. The first-order chi connectivity index (χ1) is 18.0. The number of para-hydroxylation sites is 1. The van der Waals surface area contributed by atoms with Crippen molar-refractivity contribution in [3.63, 3.8) is 0 Å². The molecule has 2 aromatic carbocycles. The number of carbonyl (C=O) groups excluding carboxylic acids is 2. The summed E-state index contributed by atoms with van der Waals surface area (Å²) in [5, 5.41) is 12.2. The van der Waals surface area contributed by atoms with Crippen molar-refractivity contribution < 1.29 is 14.3 Å². The summed E-state index contributed by atoms with van der Waals surface area (Å²) in [5.41, 5.74) is 1.86. The third-order valence-corrected chi connectivity index (χ3v) is 6.73. The molecule has 2 fully saturated rings. The van der Waals surface area contributed by atoms with E-state index in [4.69, 9.17) is 4.74 Å². The number of nitrogens with one attached hydrogen (secondary N) is 1. The fraction of sp³-hybridized carbons (Fsp3) is 0.310. The van der Waals surface area contributed by atoms with Crippen LogP contribution < -0.4 is 20.5 Å². The van der Waals surface area contributed by atoms with E-state index in [2.05, 4.69) is 10.2 Å². The van der Waals surface area contributed by atoms with Gasteiger partial charge in [0.05, 0.1) is 5.56 Å². The third-order valence-electron chi connectivity index (χ3n) is 6.73. The lowest BCUT2D eigenvalue weighted by Gasteiger charge is -2.28. The molecule has 8 nitrogen and oxygen atoms in total. The van der Waals surface area contributed by atoms with Crippen molar-refractivity contribution in [2.45, 2.75) is 38.1 Å². The molecule has 0 unspecified atom stereocenters. The van der Waals surface area contributed by atoms with Crippen LogP contribution in [0.15, 0.2) is 65.6 Å². The summed E-state index contributed by atoms with van der Waals surface area (Å²) < 4.78 is 7.20. The Morgan fingerprint density at radius 3 is 2.46 bits per heavy atom. The monoisotopic (exact) mass is 496 g/mol. The topological polar surface area (TPSA) is 104 Å². The molecule has 1 aromatic heterocycles. The van der Waals surface area contributed by atoms with Crippen LogP contribution in [0.1, 0.15) is 59.6 Å². The molecule has 5 rings (SSSR count). The van der Waals surface area contributed by atoms with Crippen molar-refractivity contribution in [2.24, 2.45) is 0 Å². The zero-order valence-corrected chi connectivity index (χ0v) is 20.5. The number of piperidine rings is 1. The SMILES string of the molecule is N#Cc1cc(C(=O)c2ccccc2OCC(=O)Nc2ccc(N3CCCCC3)cc2)cn(C2CC2)c1=O. The molecule has 37 heavy (non-hydrogen) atoms. The van der Waals surface area contributed by atoms with Gasteiger partial charge in [-0.15, -0.1) is 0 Å². The predicted molar refractivity (Wildman–Crippen MR) is 140 cm³/mol. The van der Waals surface area contributed by atoms with Crippen molar-refractivity contribution in [1.82, 2.24) is 4.57 Å². The first kappa shape index (κ1) is 24.3. The number of ether oxygens (including phenoxy) is 1. The molecule has 1 aliphatic carbocycles. The molecule has 1 saturated heterocycles. The van der Waals surface area contributed by atoms with Crippen molar-refractivity contribution >= 4 is 23.1 Å². The molecule has 2 aliphatic rings. The van der Waals surface area contributed by atoms with Gasteiger partial charge in [-0.2, -0.15) is 5.26 Å². The maximum atomic E-state index is 13.3. The van der Waals surface area contributed by atoms with Crippen molar-refractivity contribution in [2.75, 3.05) is 29.9 Å². The molecule has 8 heteroatoms. The van der Waals surface area contributed by atoms with Crippen LogP contribution in [0.3, 0.4) is 0 Å². The van der Waals surface area contributed by atoms with Gasteiger partial charge in [0, 0.05) is 42.3 Å². The second-order valence-electron chi connectivity index (χ2n) is 9.45. The van der Waals surface area contributed by atoms with Crippen LogP contribution in [0.4, 0.5) is 11.4 Å². The standard InChI is InChI=1S/C29H28N4O4/c30-17-20-16-21(18-33(29(20)36)24-12-13-24)28(35)25-6-2-3-7-26(25)37-19-27(34)31-22-8-10-23(11-9-22)32-14-4-1-5-15-32/h2-3,6-11,16,18,24H,1,4-5,12-15,19H2,(H,31,34). The number of hydrogen-bond acceptors (Lipinski definition) is 6. The van der Waals surface area contributed by atoms with E-state index in [-0.39, 0.29) is 52.3 Å². The Hall–Kier alpha value is -4.38. The summed E-state index contributed by atoms with van der Waals surface area (Å²) in [6.07, 6.45) is 6.87. The highest BCUT2D eigenvalue weighted by Gasteiger charge is 2.27. The zero-order chi connectivity index (χ0) is 25.8. The zero-order valence-electron chi connectivity index (χ0n) is 20.5. The minimum Gasteiger partial charge on any atom is -0.483 e. The summed E-state index contributed by atoms with van der Waals surface area (Å²) in [6.45, 7) is 1.83. The van der Waals surface area contributed by atoms with Crippen LogP contribution in [-0.4, -0.2) is 36.0 Å². The Kier molecular flexibility index (Phi) is 7.04. The Balaban J connectivity index is 1.26. The van der Waals surface area contributed by atoms with E-state index in [0.717, 1.165) is 31.6 Å². The highest BCUT2D eigenvalue weighted by Crippen LogP contribution is 2.34. The normalized spacial score (nSPS) is 15.1. The molecular weight excluding hydrogens is 468 g/mol. The number of amides is 1. The molecule has 188 valence electrons. The van der Waals surface area contributed by atoms with Gasteiger partial charge in [-0.25, -0.2) is 0 Å². The third kappa shape index (κ3) is 5.56. The largest absolute Gasteiger partial charge is 0.483 e. The second kappa shape index (κ2) is 10.7. The fourth-order valence-electron chi connectivity index (χ4n) is 4.61. The minimum absolute atomic E-state index is 0.0245. The highest BCUT2D eigenvalue weighted by atomic mass is 16.5. The molecular formula is C29H28N4O4. The molecule has 0 atom stereocenters. The molecule has 1 N–H and O–H groups in total. The van der Waals surface area contributed by atoms with E-state index in [0.29, 0.717) is 5.69 Å². The van der Waals surface area contributed by atoms with Crippen molar-refractivity contribution in [3.05, 3.63) is 87.8 Å². The molecule has 1 aliphatic heterocycles. The van der Waals surface area contributed by atoms with Crippen LogP contribution in [-0.2, 0) is 4.79 Å². The minimum atomic E-state index is -0.383. The smallest absolute Gasteiger partial charge is 0.268 e. The Morgan fingerprint density at radius 1 is 1.03 bits per heavy atom. The highest BCUT2D eigenvalue weighted by molar-refractivity contribution is 6.10. The fourth-order valence-corrected chi connectivity index (χ4v) is 4.61. The maximum absolute atomic E-state index is 13.3. The first-order valence-corrected chi connectivity index (χ1v) is 12.6. The lowest BCUT2D eigenvalue weighted by molar-refractivity contribution is -0.118.